The first-order chi connectivity index (χ1) is 8.16. The maximum absolute atomic E-state index is 11.1. The lowest BCUT2D eigenvalue weighted by Gasteiger charge is -2.12. The van der Waals surface area contributed by atoms with Crippen LogP contribution in [0.2, 0.25) is 5.02 Å². The summed E-state index contributed by atoms with van der Waals surface area (Å²) in [5, 5.41) is 0.413. The highest BCUT2D eigenvalue weighted by Crippen LogP contribution is 2.26. The minimum atomic E-state index is -0.335. The molecule has 1 fully saturated rings. The average molecular weight is 257 g/mol. The van der Waals surface area contributed by atoms with E-state index in [2.05, 4.69) is 0 Å². The normalized spacial score (nSPS) is 16.1. The van der Waals surface area contributed by atoms with E-state index in [-0.39, 0.29) is 12.1 Å². The molecule has 0 unspecified atom stereocenters. The Balaban J connectivity index is 1.98. The van der Waals surface area contributed by atoms with Gasteiger partial charge in [0.05, 0.1) is 18.2 Å². The number of carbonyl (C=O) groups excluding carboxylic acids is 1. The van der Waals surface area contributed by atoms with Crippen molar-refractivity contribution in [1.82, 2.24) is 0 Å². The van der Waals surface area contributed by atoms with Gasteiger partial charge in [-0.3, -0.25) is 4.79 Å². The van der Waals surface area contributed by atoms with E-state index in [1.54, 1.807) is 18.2 Å². The molecule has 5 heteroatoms. The standard InChI is InChI=1S/C12H13ClO4/c1-8(14)9-2-3-11(10(13)6-9)17-7-12-15-4-5-16-12/h2-3,6,12H,4-5,7H2,1H3. The summed E-state index contributed by atoms with van der Waals surface area (Å²) in [4.78, 5) is 11.1. The zero-order chi connectivity index (χ0) is 12.3. The van der Waals surface area contributed by atoms with Crippen LogP contribution in [0.15, 0.2) is 18.2 Å². The first-order valence-electron chi connectivity index (χ1n) is 5.33. The second kappa shape index (κ2) is 5.49. The average Bonchev–Trinajstić information content (AvgIpc) is 2.80. The van der Waals surface area contributed by atoms with Gasteiger partial charge in [-0.05, 0) is 25.1 Å². The van der Waals surface area contributed by atoms with Crippen LogP contribution in [0.25, 0.3) is 0 Å². The molecule has 1 aromatic carbocycles. The number of carbonyl (C=O) groups is 1. The van der Waals surface area contributed by atoms with Crippen LogP contribution in [0.5, 0.6) is 5.75 Å². The largest absolute Gasteiger partial charge is 0.487 e. The summed E-state index contributed by atoms with van der Waals surface area (Å²) in [6, 6.07) is 4.95. The maximum Gasteiger partial charge on any atom is 0.191 e. The minimum Gasteiger partial charge on any atom is -0.487 e. The number of ketones is 1. The second-order valence-electron chi connectivity index (χ2n) is 3.68. The SMILES string of the molecule is CC(=O)c1ccc(OCC2OCCO2)c(Cl)c1. The van der Waals surface area contributed by atoms with Crippen molar-refractivity contribution < 1.29 is 19.0 Å². The molecule has 1 saturated heterocycles. The van der Waals surface area contributed by atoms with Gasteiger partial charge in [0.25, 0.3) is 0 Å². The minimum absolute atomic E-state index is 0.0269. The molecule has 1 heterocycles. The molecule has 1 aliphatic rings. The smallest absolute Gasteiger partial charge is 0.191 e. The Morgan fingerprint density at radius 2 is 2.18 bits per heavy atom. The number of hydrogen-bond acceptors (Lipinski definition) is 4. The lowest BCUT2D eigenvalue weighted by molar-refractivity contribution is -0.0683. The van der Waals surface area contributed by atoms with Gasteiger partial charge in [0, 0.05) is 5.56 Å². The number of rotatable bonds is 4. The van der Waals surface area contributed by atoms with Gasteiger partial charge >= 0.3 is 0 Å². The number of halogens is 1. The number of hydrogen-bond donors (Lipinski definition) is 0. The van der Waals surface area contributed by atoms with Crippen LogP contribution in [0.4, 0.5) is 0 Å². The predicted molar refractivity (Wildman–Crippen MR) is 62.6 cm³/mol. The third-order valence-corrected chi connectivity index (χ3v) is 2.70. The fraction of sp³-hybridized carbons (Fsp3) is 0.417. The monoisotopic (exact) mass is 256 g/mol. The molecule has 2 rings (SSSR count). The van der Waals surface area contributed by atoms with Crippen molar-refractivity contribution in [3.8, 4) is 5.75 Å². The Morgan fingerprint density at radius 3 is 2.76 bits per heavy atom. The highest BCUT2D eigenvalue weighted by molar-refractivity contribution is 6.32. The van der Waals surface area contributed by atoms with Crippen LogP contribution in [0.1, 0.15) is 17.3 Å². The Bertz CT molecular complexity index is 413. The maximum atomic E-state index is 11.1. The molecule has 0 bridgehead atoms. The third kappa shape index (κ3) is 3.19. The molecular formula is C12H13ClO4. The molecule has 0 N–H and O–H groups in total. The fourth-order valence-electron chi connectivity index (χ4n) is 1.50. The summed E-state index contributed by atoms with van der Waals surface area (Å²) in [6.45, 7) is 2.96. The first kappa shape index (κ1) is 12.4. The molecule has 0 aromatic heterocycles. The Kier molecular flexibility index (Phi) is 3.99. The van der Waals surface area contributed by atoms with Crippen molar-refractivity contribution in [2.45, 2.75) is 13.2 Å². The van der Waals surface area contributed by atoms with E-state index in [9.17, 15) is 4.79 Å². The van der Waals surface area contributed by atoms with E-state index >= 15 is 0 Å². The summed E-state index contributed by atoms with van der Waals surface area (Å²) in [5.41, 5.74) is 0.565. The molecule has 0 radical (unpaired) electrons. The van der Waals surface area contributed by atoms with Crippen LogP contribution in [0, 0.1) is 0 Å². The molecular weight excluding hydrogens is 244 g/mol. The predicted octanol–water partition coefficient (Wildman–Crippen LogP) is 2.29. The van der Waals surface area contributed by atoms with E-state index in [1.807, 2.05) is 0 Å². The zero-order valence-electron chi connectivity index (χ0n) is 9.44. The molecule has 1 aliphatic heterocycles. The third-order valence-electron chi connectivity index (χ3n) is 2.40. The summed E-state index contributed by atoms with van der Waals surface area (Å²) < 4.78 is 15.9. The van der Waals surface area contributed by atoms with Gasteiger partial charge in [-0.2, -0.15) is 0 Å². The number of Topliss-reactive ketones (excluding diaryl/α,β-unsaturated/α-hetero) is 1. The van der Waals surface area contributed by atoms with Gasteiger partial charge in [0.15, 0.2) is 12.1 Å². The van der Waals surface area contributed by atoms with E-state index in [0.29, 0.717) is 36.2 Å². The van der Waals surface area contributed by atoms with Gasteiger partial charge in [-0.25, -0.2) is 0 Å². The number of ether oxygens (including phenoxy) is 3. The molecule has 0 spiro atoms. The summed E-state index contributed by atoms with van der Waals surface area (Å²) >= 11 is 6.00. The summed E-state index contributed by atoms with van der Waals surface area (Å²) in [5.74, 6) is 0.497. The van der Waals surface area contributed by atoms with Gasteiger partial charge in [0.1, 0.15) is 12.4 Å². The zero-order valence-corrected chi connectivity index (χ0v) is 10.2. The Morgan fingerprint density at radius 1 is 1.47 bits per heavy atom. The van der Waals surface area contributed by atoms with Gasteiger partial charge in [0.2, 0.25) is 0 Å². The molecule has 0 aliphatic carbocycles. The number of benzene rings is 1. The quantitative estimate of drug-likeness (QED) is 0.776. The summed E-state index contributed by atoms with van der Waals surface area (Å²) in [7, 11) is 0. The molecule has 4 nitrogen and oxygen atoms in total. The van der Waals surface area contributed by atoms with E-state index < -0.39 is 0 Å². The van der Waals surface area contributed by atoms with E-state index in [1.165, 1.54) is 6.92 Å². The first-order valence-corrected chi connectivity index (χ1v) is 5.71. The summed E-state index contributed by atoms with van der Waals surface area (Å²) in [6.07, 6.45) is -0.335. The highest BCUT2D eigenvalue weighted by Gasteiger charge is 2.17. The van der Waals surface area contributed by atoms with E-state index in [0.717, 1.165) is 0 Å². The van der Waals surface area contributed by atoms with Crippen molar-refractivity contribution in [2.24, 2.45) is 0 Å². The molecule has 0 saturated carbocycles. The van der Waals surface area contributed by atoms with Crippen molar-refractivity contribution in [2.75, 3.05) is 19.8 Å². The van der Waals surface area contributed by atoms with Gasteiger partial charge in [-0.1, -0.05) is 11.6 Å². The molecule has 92 valence electrons. The van der Waals surface area contributed by atoms with Crippen LogP contribution < -0.4 is 4.74 Å². The molecule has 0 atom stereocenters. The van der Waals surface area contributed by atoms with Crippen molar-refractivity contribution in [1.29, 1.82) is 0 Å². The van der Waals surface area contributed by atoms with Crippen molar-refractivity contribution in [3.05, 3.63) is 28.8 Å². The lowest BCUT2D eigenvalue weighted by Crippen LogP contribution is -2.18. The van der Waals surface area contributed by atoms with Crippen LogP contribution >= 0.6 is 11.6 Å². The lowest BCUT2D eigenvalue weighted by atomic mass is 10.1. The van der Waals surface area contributed by atoms with Gasteiger partial charge < -0.3 is 14.2 Å². The topological polar surface area (TPSA) is 44.8 Å². The van der Waals surface area contributed by atoms with Crippen molar-refractivity contribution >= 4 is 17.4 Å². The Labute approximate surface area is 104 Å². The van der Waals surface area contributed by atoms with Crippen LogP contribution in [0.3, 0.4) is 0 Å². The molecule has 17 heavy (non-hydrogen) atoms. The van der Waals surface area contributed by atoms with Crippen LogP contribution in [-0.4, -0.2) is 31.9 Å². The highest BCUT2D eigenvalue weighted by atomic mass is 35.5. The molecule has 0 amide bonds. The van der Waals surface area contributed by atoms with Gasteiger partial charge in [-0.15, -0.1) is 0 Å². The van der Waals surface area contributed by atoms with Crippen molar-refractivity contribution in [3.63, 3.8) is 0 Å². The second-order valence-corrected chi connectivity index (χ2v) is 4.09. The van der Waals surface area contributed by atoms with E-state index in [4.69, 9.17) is 25.8 Å². The fourth-order valence-corrected chi connectivity index (χ4v) is 1.73. The Hall–Kier alpha value is -1.10. The molecule has 1 aromatic rings. The van der Waals surface area contributed by atoms with Crippen LogP contribution in [-0.2, 0) is 9.47 Å².